The van der Waals surface area contributed by atoms with Gasteiger partial charge in [-0.25, -0.2) is 0 Å². The first-order valence-electron chi connectivity index (χ1n) is 4.20. The van der Waals surface area contributed by atoms with Crippen molar-refractivity contribution in [2.45, 2.75) is 19.9 Å². The predicted octanol–water partition coefficient (Wildman–Crippen LogP) is 0.722. The fraction of sp³-hybridized carbons (Fsp3) is 0.625. The van der Waals surface area contributed by atoms with Gasteiger partial charge in [-0.15, -0.1) is 0 Å². The lowest BCUT2D eigenvalue weighted by molar-refractivity contribution is 0.375. The van der Waals surface area contributed by atoms with Crippen molar-refractivity contribution >= 4 is 6.34 Å². The molecule has 0 unspecified atom stereocenters. The van der Waals surface area contributed by atoms with Crippen molar-refractivity contribution < 1.29 is 4.52 Å². The molecule has 0 saturated heterocycles. The Balaban J connectivity index is 2.45. The Morgan fingerprint density at radius 3 is 2.85 bits per heavy atom. The third-order valence-corrected chi connectivity index (χ3v) is 1.37. The maximum atomic E-state index is 4.94. The second kappa shape index (κ2) is 4.59. The van der Waals surface area contributed by atoms with E-state index in [1.807, 2.05) is 25.9 Å². The maximum Gasteiger partial charge on any atom is 0.248 e. The molecule has 0 aliphatic heterocycles. The van der Waals surface area contributed by atoms with Crippen molar-refractivity contribution in [1.82, 2.24) is 15.0 Å². The standard InChI is InChI=1S/C8H14N4O/c1-4-7-10-8(13-11-7)5-9-6-12(2)3/h6H,4-5H2,1-3H3/b9-6+. The van der Waals surface area contributed by atoms with Crippen LogP contribution in [0, 0.1) is 0 Å². The number of hydrogen-bond donors (Lipinski definition) is 0. The lowest BCUT2D eigenvalue weighted by Gasteiger charge is -2.00. The van der Waals surface area contributed by atoms with Crippen LogP contribution in [0.2, 0.25) is 0 Å². The topological polar surface area (TPSA) is 54.5 Å². The van der Waals surface area contributed by atoms with Gasteiger partial charge in [-0.3, -0.25) is 4.99 Å². The minimum atomic E-state index is 0.450. The molecule has 1 heterocycles. The van der Waals surface area contributed by atoms with E-state index in [0.29, 0.717) is 12.4 Å². The second-order valence-electron chi connectivity index (χ2n) is 2.88. The largest absolute Gasteiger partial charge is 0.369 e. The summed E-state index contributed by atoms with van der Waals surface area (Å²) in [6.07, 6.45) is 2.51. The molecule has 0 aliphatic rings. The first-order chi connectivity index (χ1) is 6.22. The van der Waals surface area contributed by atoms with E-state index in [0.717, 1.165) is 12.2 Å². The zero-order valence-corrected chi connectivity index (χ0v) is 8.19. The molecule has 72 valence electrons. The molecule has 0 amide bonds. The van der Waals surface area contributed by atoms with Gasteiger partial charge in [0.05, 0.1) is 6.34 Å². The van der Waals surface area contributed by atoms with Crippen molar-refractivity contribution in [2.24, 2.45) is 4.99 Å². The van der Waals surface area contributed by atoms with Gasteiger partial charge in [0.15, 0.2) is 5.82 Å². The quantitative estimate of drug-likeness (QED) is 0.508. The highest BCUT2D eigenvalue weighted by molar-refractivity contribution is 5.53. The summed E-state index contributed by atoms with van der Waals surface area (Å²) in [7, 11) is 3.82. The number of rotatable bonds is 4. The van der Waals surface area contributed by atoms with E-state index in [9.17, 15) is 0 Å². The summed E-state index contributed by atoms with van der Waals surface area (Å²) in [5.41, 5.74) is 0. The fourth-order valence-electron chi connectivity index (χ4n) is 0.780. The molecule has 0 aromatic carbocycles. The highest BCUT2D eigenvalue weighted by Gasteiger charge is 2.01. The number of aliphatic imine (C=N–C) groups is 1. The van der Waals surface area contributed by atoms with Crippen LogP contribution in [-0.2, 0) is 13.0 Å². The Bertz CT molecular complexity index is 279. The van der Waals surface area contributed by atoms with Crippen LogP contribution in [0.1, 0.15) is 18.6 Å². The van der Waals surface area contributed by atoms with Crippen LogP contribution in [0.15, 0.2) is 9.52 Å². The van der Waals surface area contributed by atoms with Gasteiger partial charge in [-0.1, -0.05) is 12.1 Å². The van der Waals surface area contributed by atoms with Crippen LogP contribution in [0.5, 0.6) is 0 Å². The normalized spacial score (nSPS) is 11.0. The van der Waals surface area contributed by atoms with Crippen molar-refractivity contribution in [1.29, 1.82) is 0 Å². The molecule has 13 heavy (non-hydrogen) atoms. The predicted molar refractivity (Wildman–Crippen MR) is 49.6 cm³/mol. The molecule has 0 saturated carbocycles. The molecule has 0 radical (unpaired) electrons. The first kappa shape index (κ1) is 9.70. The smallest absolute Gasteiger partial charge is 0.248 e. The lowest BCUT2D eigenvalue weighted by Crippen LogP contribution is -2.07. The van der Waals surface area contributed by atoms with Gasteiger partial charge in [-0.2, -0.15) is 4.98 Å². The Kier molecular flexibility index (Phi) is 3.42. The summed E-state index contributed by atoms with van der Waals surface area (Å²) in [6.45, 7) is 2.43. The van der Waals surface area contributed by atoms with Crippen molar-refractivity contribution in [2.75, 3.05) is 14.1 Å². The van der Waals surface area contributed by atoms with E-state index >= 15 is 0 Å². The van der Waals surface area contributed by atoms with Gasteiger partial charge >= 0.3 is 0 Å². The average Bonchev–Trinajstić information content (AvgIpc) is 2.52. The van der Waals surface area contributed by atoms with Crippen molar-refractivity contribution in [3.05, 3.63) is 11.7 Å². The van der Waals surface area contributed by atoms with Crippen molar-refractivity contribution in [3.63, 3.8) is 0 Å². The van der Waals surface area contributed by atoms with Gasteiger partial charge in [0, 0.05) is 20.5 Å². The third kappa shape index (κ3) is 3.23. The van der Waals surface area contributed by atoms with E-state index in [2.05, 4.69) is 15.1 Å². The molecular formula is C8H14N4O. The molecule has 0 bridgehead atoms. The van der Waals surface area contributed by atoms with E-state index in [4.69, 9.17) is 4.52 Å². The van der Waals surface area contributed by atoms with Crippen molar-refractivity contribution in [3.8, 4) is 0 Å². The number of hydrogen-bond acceptors (Lipinski definition) is 4. The molecular weight excluding hydrogens is 168 g/mol. The Hall–Kier alpha value is -1.39. The van der Waals surface area contributed by atoms with Crippen LogP contribution < -0.4 is 0 Å². The third-order valence-electron chi connectivity index (χ3n) is 1.37. The van der Waals surface area contributed by atoms with Gasteiger partial charge in [-0.05, 0) is 0 Å². The molecule has 5 nitrogen and oxygen atoms in total. The Morgan fingerprint density at radius 1 is 1.54 bits per heavy atom. The molecule has 5 heteroatoms. The van der Waals surface area contributed by atoms with E-state index in [1.165, 1.54) is 0 Å². The summed E-state index contributed by atoms with van der Waals surface area (Å²) < 4.78 is 4.94. The zero-order valence-electron chi connectivity index (χ0n) is 8.19. The van der Waals surface area contributed by atoms with Crippen LogP contribution >= 0.6 is 0 Å². The second-order valence-corrected chi connectivity index (χ2v) is 2.88. The minimum absolute atomic E-state index is 0.450. The zero-order chi connectivity index (χ0) is 9.68. The van der Waals surface area contributed by atoms with E-state index in [1.54, 1.807) is 6.34 Å². The van der Waals surface area contributed by atoms with E-state index < -0.39 is 0 Å². The maximum absolute atomic E-state index is 4.94. The van der Waals surface area contributed by atoms with Crippen LogP contribution in [0.3, 0.4) is 0 Å². The molecule has 1 aromatic rings. The fourth-order valence-corrected chi connectivity index (χ4v) is 0.780. The molecule has 0 spiro atoms. The van der Waals surface area contributed by atoms with Crippen LogP contribution in [0.25, 0.3) is 0 Å². The van der Waals surface area contributed by atoms with Gasteiger partial charge in [0.2, 0.25) is 5.89 Å². The molecule has 0 fully saturated rings. The average molecular weight is 182 g/mol. The minimum Gasteiger partial charge on any atom is -0.369 e. The van der Waals surface area contributed by atoms with Crippen LogP contribution in [0.4, 0.5) is 0 Å². The highest BCUT2D eigenvalue weighted by atomic mass is 16.5. The lowest BCUT2D eigenvalue weighted by atomic mass is 10.5. The first-order valence-corrected chi connectivity index (χ1v) is 4.20. The number of aromatic nitrogens is 2. The molecule has 1 rings (SSSR count). The Labute approximate surface area is 77.5 Å². The van der Waals surface area contributed by atoms with Gasteiger partial charge in [0.1, 0.15) is 6.54 Å². The van der Waals surface area contributed by atoms with Gasteiger partial charge in [0.25, 0.3) is 0 Å². The summed E-state index contributed by atoms with van der Waals surface area (Å²) in [6, 6.07) is 0. The van der Waals surface area contributed by atoms with Gasteiger partial charge < -0.3 is 9.42 Å². The summed E-state index contributed by atoms with van der Waals surface area (Å²) in [5.74, 6) is 1.30. The molecule has 0 atom stereocenters. The molecule has 0 aliphatic carbocycles. The number of aryl methyl sites for hydroxylation is 1. The summed E-state index contributed by atoms with van der Waals surface area (Å²) in [5, 5.41) is 3.76. The van der Waals surface area contributed by atoms with E-state index in [-0.39, 0.29) is 0 Å². The van der Waals surface area contributed by atoms with Crippen LogP contribution in [-0.4, -0.2) is 35.5 Å². The number of nitrogens with zero attached hydrogens (tertiary/aromatic N) is 4. The molecule has 1 aromatic heterocycles. The summed E-state index contributed by atoms with van der Waals surface area (Å²) in [4.78, 5) is 10.1. The molecule has 0 N–H and O–H groups in total. The SMILES string of the molecule is CCc1noc(C/N=C/N(C)C)n1. The summed E-state index contributed by atoms with van der Waals surface area (Å²) >= 11 is 0. The Morgan fingerprint density at radius 2 is 2.31 bits per heavy atom. The highest BCUT2D eigenvalue weighted by Crippen LogP contribution is 1.98. The monoisotopic (exact) mass is 182 g/mol.